The average Bonchev–Trinajstić information content (AvgIpc) is 3.20. The predicted octanol–water partition coefficient (Wildman–Crippen LogP) is 3.17. The molecule has 1 aliphatic carbocycles. The molecule has 0 bridgehead atoms. The second-order valence-electron chi connectivity index (χ2n) is 6.82. The van der Waals surface area contributed by atoms with E-state index in [2.05, 4.69) is 0 Å². The Balaban J connectivity index is 1.98. The Morgan fingerprint density at radius 1 is 1.21 bits per heavy atom. The summed E-state index contributed by atoms with van der Waals surface area (Å²) in [5, 5.41) is 2.34. The number of allylic oxidation sites excluding steroid dienone is 3. The van der Waals surface area contributed by atoms with Crippen LogP contribution in [0.25, 0.3) is 0 Å². The maximum absolute atomic E-state index is 13.3. The molecule has 0 saturated carbocycles. The highest BCUT2D eigenvalue weighted by Gasteiger charge is 2.49. The van der Waals surface area contributed by atoms with Crippen LogP contribution in [-0.4, -0.2) is 46.4 Å². The third-order valence-corrected chi connectivity index (χ3v) is 4.93. The molecule has 5 nitrogen and oxygen atoms in total. The number of hydrazine groups is 1. The van der Waals surface area contributed by atoms with Gasteiger partial charge in [0.05, 0.1) is 23.7 Å². The molecular formula is C21H19F3N2O3. The van der Waals surface area contributed by atoms with Crippen molar-refractivity contribution in [1.29, 1.82) is 0 Å². The minimum atomic E-state index is -4.99. The molecule has 8 heteroatoms. The van der Waals surface area contributed by atoms with Crippen molar-refractivity contribution in [3.63, 3.8) is 0 Å². The van der Waals surface area contributed by atoms with Gasteiger partial charge in [0.2, 0.25) is 0 Å². The van der Waals surface area contributed by atoms with Gasteiger partial charge in [-0.2, -0.15) is 13.2 Å². The lowest BCUT2D eigenvalue weighted by Crippen LogP contribution is -2.53. The van der Waals surface area contributed by atoms with Crippen LogP contribution in [0.3, 0.4) is 0 Å². The van der Waals surface area contributed by atoms with E-state index in [1.165, 1.54) is 11.1 Å². The molecule has 1 amide bonds. The molecule has 1 saturated heterocycles. The molecule has 0 spiro atoms. The number of nitrogens with zero attached hydrogens (tertiary/aromatic N) is 2. The van der Waals surface area contributed by atoms with Crippen molar-refractivity contribution in [2.24, 2.45) is 0 Å². The van der Waals surface area contributed by atoms with Crippen molar-refractivity contribution in [3.05, 3.63) is 65.3 Å². The summed E-state index contributed by atoms with van der Waals surface area (Å²) in [5.41, 5.74) is 0.895. The highest BCUT2D eigenvalue weighted by atomic mass is 19.4. The first-order valence-electron chi connectivity index (χ1n) is 9.17. The second-order valence-corrected chi connectivity index (χ2v) is 6.82. The van der Waals surface area contributed by atoms with E-state index in [1.807, 2.05) is 0 Å². The van der Waals surface area contributed by atoms with Crippen LogP contribution >= 0.6 is 0 Å². The zero-order valence-corrected chi connectivity index (χ0v) is 15.5. The summed E-state index contributed by atoms with van der Waals surface area (Å²) < 4.78 is 39.2. The van der Waals surface area contributed by atoms with Crippen molar-refractivity contribution in [2.45, 2.75) is 38.0 Å². The van der Waals surface area contributed by atoms with E-state index in [-0.39, 0.29) is 37.1 Å². The molecule has 1 atom stereocenters. The summed E-state index contributed by atoms with van der Waals surface area (Å²) >= 11 is 0. The number of Topliss-reactive ketones (excluding diaryl/α,β-unsaturated/α-hetero) is 1. The number of carbonyl (C=O) groups excluding carboxylic acids is 3. The van der Waals surface area contributed by atoms with Gasteiger partial charge in [0, 0.05) is 13.0 Å². The molecule has 1 aromatic carbocycles. The fourth-order valence-electron chi connectivity index (χ4n) is 3.53. The second kappa shape index (κ2) is 8.59. The number of alkyl halides is 3. The summed E-state index contributed by atoms with van der Waals surface area (Å²) in [6.45, 7) is 0.114. The van der Waals surface area contributed by atoms with Gasteiger partial charge in [0.1, 0.15) is 5.94 Å². The zero-order chi connectivity index (χ0) is 21.0. The van der Waals surface area contributed by atoms with Crippen molar-refractivity contribution in [2.75, 3.05) is 6.54 Å². The third kappa shape index (κ3) is 4.55. The van der Waals surface area contributed by atoms with Crippen molar-refractivity contribution in [3.8, 4) is 0 Å². The molecular weight excluding hydrogens is 385 g/mol. The van der Waals surface area contributed by atoms with Gasteiger partial charge in [-0.15, -0.1) is 0 Å². The number of halogens is 3. The highest BCUT2D eigenvalue weighted by molar-refractivity contribution is 6.01. The van der Waals surface area contributed by atoms with Crippen molar-refractivity contribution in [1.82, 2.24) is 10.0 Å². The van der Waals surface area contributed by atoms with Crippen molar-refractivity contribution < 1.29 is 27.6 Å². The lowest BCUT2D eigenvalue weighted by molar-refractivity contribution is -0.183. The van der Waals surface area contributed by atoms with E-state index in [4.69, 9.17) is 0 Å². The van der Waals surface area contributed by atoms with Gasteiger partial charge in [-0.25, -0.2) is 9.80 Å². The summed E-state index contributed by atoms with van der Waals surface area (Å²) in [6.07, 6.45) is 0.315. The minimum Gasteiger partial charge on any atom is -0.288 e. The van der Waals surface area contributed by atoms with Gasteiger partial charge in [-0.05, 0) is 24.5 Å². The molecule has 29 heavy (non-hydrogen) atoms. The molecule has 1 heterocycles. The minimum absolute atomic E-state index is 0.00619. The molecule has 0 N–H and O–H groups in total. The number of hydrogen-bond donors (Lipinski definition) is 0. The Morgan fingerprint density at radius 3 is 2.59 bits per heavy atom. The summed E-state index contributed by atoms with van der Waals surface area (Å²) in [5.74, 6) is -0.761. The van der Waals surface area contributed by atoms with E-state index in [0.29, 0.717) is 12.0 Å². The average molecular weight is 404 g/mol. The number of carbonyl (C=O) groups is 2. The van der Waals surface area contributed by atoms with Crippen LogP contribution in [-0.2, 0) is 20.9 Å². The summed E-state index contributed by atoms with van der Waals surface area (Å²) in [6, 6.07) is 7.29. The lowest BCUT2D eigenvalue weighted by Gasteiger charge is -2.36. The Hall–Kier alpha value is -2.96. The Bertz CT molecular complexity index is 899. The van der Waals surface area contributed by atoms with Gasteiger partial charge < -0.3 is 0 Å². The zero-order valence-electron chi connectivity index (χ0n) is 15.5. The predicted molar refractivity (Wildman–Crippen MR) is 98.8 cm³/mol. The van der Waals surface area contributed by atoms with Crippen LogP contribution in [0.2, 0.25) is 0 Å². The fraction of sp³-hybridized carbons (Fsp3) is 0.333. The quantitative estimate of drug-likeness (QED) is 0.708. The van der Waals surface area contributed by atoms with Crippen LogP contribution in [0.5, 0.6) is 0 Å². The van der Waals surface area contributed by atoms with E-state index in [9.17, 15) is 27.6 Å². The number of hydrogen-bond acceptors (Lipinski definition) is 4. The molecule has 152 valence electrons. The number of rotatable bonds is 5. The van der Waals surface area contributed by atoms with Crippen LogP contribution in [0.1, 0.15) is 24.8 Å². The molecule has 1 fully saturated rings. The number of benzene rings is 1. The van der Waals surface area contributed by atoms with Gasteiger partial charge in [0.25, 0.3) is 11.7 Å². The van der Waals surface area contributed by atoms with Gasteiger partial charge >= 0.3 is 6.18 Å². The molecule has 1 aliphatic heterocycles. The van der Waals surface area contributed by atoms with E-state index >= 15 is 0 Å². The smallest absolute Gasteiger partial charge is 0.288 e. The normalized spacial score (nSPS) is 19.6. The largest absolute Gasteiger partial charge is 0.451 e. The maximum atomic E-state index is 13.3. The summed E-state index contributed by atoms with van der Waals surface area (Å²) in [4.78, 5) is 36.5. The highest BCUT2D eigenvalue weighted by Crippen LogP contribution is 2.30. The number of ketones is 1. The topological polar surface area (TPSA) is 57.7 Å². The number of amides is 1. The molecule has 0 radical (unpaired) electrons. The first-order valence-corrected chi connectivity index (χ1v) is 9.17. The van der Waals surface area contributed by atoms with E-state index in [0.717, 1.165) is 5.01 Å². The van der Waals surface area contributed by atoms with E-state index < -0.39 is 23.9 Å². The molecule has 1 unspecified atom stereocenters. The Morgan fingerprint density at radius 2 is 1.93 bits per heavy atom. The van der Waals surface area contributed by atoms with Crippen LogP contribution in [0.15, 0.2) is 59.7 Å². The first-order chi connectivity index (χ1) is 13.8. The Labute approximate surface area is 165 Å². The van der Waals surface area contributed by atoms with Crippen molar-refractivity contribution >= 4 is 17.6 Å². The van der Waals surface area contributed by atoms with Gasteiger partial charge in [0.15, 0.2) is 0 Å². The maximum Gasteiger partial charge on any atom is 0.451 e. The molecule has 1 aromatic rings. The SMILES string of the molecule is O=C=C1CC=CC=C1C(=O)N(Cc1ccccc1)N1CCCC1C(=O)C(F)(F)F. The molecule has 0 aromatic heterocycles. The summed E-state index contributed by atoms with van der Waals surface area (Å²) in [7, 11) is 0. The van der Waals surface area contributed by atoms with E-state index in [1.54, 1.807) is 48.4 Å². The van der Waals surface area contributed by atoms with Gasteiger partial charge in [-0.3, -0.25) is 14.6 Å². The van der Waals surface area contributed by atoms with Crippen LogP contribution in [0.4, 0.5) is 13.2 Å². The first kappa shape index (κ1) is 20.8. The third-order valence-electron chi connectivity index (χ3n) is 4.93. The van der Waals surface area contributed by atoms with Gasteiger partial charge in [-0.1, -0.05) is 42.5 Å². The van der Waals surface area contributed by atoms with Crippen LogP contribution < -0.4 is 0 Å². The fourth-order valence-corrected chi connectivity index (χ4v) is 3.53. The lowest BCUT2D eigenvalue weighted by atomic mass is 9.98. The molecule has 2 aliphatic rings. The monoisotopic (exact) mass is 404 g/mol. The standard InChI is InChI=1S/C21H19F3N2O3/c22-21(23,24)19(28)18-11-6-12-25(18)26(13-15-7-2-1-3-8-15)20(29)17-10-5-4-9-16(17)14-27/h1-5,7-8,10,18H,6,9,11-13H2. The molecule has 3 rings (SSSR count). The van der Waals surface area contributed by atoms with Crippen LogP contribution in [0, 0.1) is 0 Å². The Kier molecular flexibility index (Phi) is 6.15.